The lowest BCUT2D eigenvalue weighted by Gasteiger charge is -2.29. The van der Waals surface area contributed by atoms with E-state index < -0.39 is 0 Å². The monoisotopic (exact) mass is 546 g/mol. The quantitative estimate of drug-likeness (QED) is 0.213. The number of anilines is 2. The first kappa shape index (κ1) is 21.7. The van der Waals surface area contributed by atoms with Gasteiger partial charge in [0, 0.05) is 59.0 Å². The molecule has 2 aromatic heterocycles. The lowest BCUT2D eigenvalue weighted by molar-refractivity contribution is 0.918. The van der Waals surface area contributed by atoms with Gasteiger partial charge in [-0.05, 0) is 85.6 Å². The summed E-state index contributed by atoms with van der Waals surface area (Å²) in [4.78, 5) is 2.44. The van der Waals surface area contributed by atoms with Crippen molar-refractivity contribution in [2.45, 2.75) is 12.8 Å². The van der Waals surface area contributed by atoms with Gasteiger partial charge in [0.1, 0.15) is 0 Å². The molecule has 174 valence electrons. The first-order valence-corrected chi connectivity index (χ1v) is 13.8. The molecule has 2 nitrogen and oxygen atoms in total. The predicted octanol–water partition coefficient (Wildman–Crippen LogP) is 10.1. The summed E-state index contributed by atoms with van der Waals surface area (Å²) in [6.07, 6.45) is 10.9. The number of allylic oxidation sites excluding steroid dienone is 4. The van der Waals surface area contributed by atoms with Crippen LogP contribution in [0.5, 0.6) is 0 Å². The summed E-state index contributed by atoms with van der Waals surface area (Å²) < 4.78 is 6.01. The zero-order chi connectivity index (χ0) is 24.1. The van der Waals surface area contributed by atoms with Crippen LogP contribution in [0.4, 0.5) is 11.4 Å². The van der Waals surface area contributed by atoms with E-state index in [-0.39, 0.29) is 0 Å². The Morgan fingerprint density at radius 3 is 2.50 bits per heavy atom. The zero-order valence-corrected chi connectivity index (χ0v) is 22.0. The molecule has 0 N–H and O–H groups in total. The van der Waals surface area contributed by atoms with Gasteiger partial charge in [-0.1, -0.05) is 52.3 Å². The fourth-order valence-electron chi connectivity index (χ4n) is 5.22. The number of benzene rings is 4. The number of para-hydroxylation sites is 1. The molecule has 1 aliphatic rings. The Bertz CT molecular complexity index is 1810. The van der Waals surface area contributed by atoms with Crippen molar-refractivity contribution in [1.29, 1.82) is 0 Å². The van der Waals surface area contributed by atoms with Crippen molar-refractivity contribution in [3.05, 3.63) is 126 Å². The molecule has 6 aromatic rings. The van der Waals surface area contributed by atoms with Gasteiger partial charge >= 0.3 is 0 Å². The average Bonchev–Trinajstić information content (AvgIpc) is 3.50. The Kier molecular flexibility index (Phi) is 5.30. The van der Waals surface area contributed by atoms with Crippen LogP contribution in [-0.2, 0) is 0 Å². The molecule has 2 heterocycles. The molecular weight excluding hydrogens is 524 g/mol. The molecule has 1 aliphatic carbocycles. The summed E-state index contributed by atoms with van der Waals surface area (Å²) in [5, 5.41) is 3.86. The van der Waals surface area contributed by atoms with Crippen molar-refractivity contribution in [3.8, 4) is 5.69 Å². The van der Waals surface area contributed by atoms with E-state index in [2.05, 4.69) is 141 Å². The molecule has 0 bridgehead atoms. The molecule has 0 amide bonds. The highest BCUT2D eigenvalue weighted by molar-refractivity contribution is 9.10. The van der Waals surface area contributed by atoms with E-state index in [0.29, 0.717) is 0 Å². The summed E-state index contributed by atoms with van der Waals surface area (Å²) in [5.74, 6) is 0. The Morgan fingerprint density at radius 1 is 0.778 bits per heavy atom. The molecule has 7 rings (SSSR count). The van der Waals surface area contributed by atoms with Crippen molar-refractivity contribution < 1.29 is 0 Å². The molecule has 0 saturated carbocycles. The third-order valence-electron chi connectivity index (χ3n) is 6.92. The van der Waals surface area contributed by atoms with Gasteiger partial charge in [0.2, 0.25) is 0 Å². The van der Waals surface area contributed by atoms with Gasteiger partial charge in [-0.2, -0.15) is 0 Å². The number of halogens is 1. The summed E-state index contributed by atoms with van der Waals surface area (Å²) in [5.41, 5.74) is 6.11. The van der Waals surface area contributed by atoms with Crippen LogP contribution in [0.15, 0.2) is 126 Å². The normalized spacial score (nSPS) is 13.5. The topological polar surface area (TPSA) is 8.17 Å². The summed E-state index contributed by atoms with van der Waals surface area (Å²) in [7, 11) is 0. The van der Waals surface area contributed by atoms with E-state index in [1.54, 1.807) is 0 Å². The number of hydrogen-bond acceptors (Lipinski definition) is 2. The molecule has 0 unspecified atom stereocenters. The van der Waals surface area contributed by atoms with E-state index in [0.717, 1.165) is 17.3 Å². The Morgan fingerprint density at radius 2 is 1.64 bits per heavy atom. The smallest absolute Gasteiger partial charge is 0.0529 e. The lowest BCUT2D eigenvalue weighted by Crippen LogP contribution is -2.17. The minimum Gasteiger partial charge on any atom is -0.317 e. The van der Waals surface area contributed by atoms with Crippen LogP contribution in [0.1, 0.15) is 12.8 Å². The van der Waals surface area contributed by atoms with Crippen LogP contribution in [0.2, 0.25) is 0 Å². The van der Waals surface area contributed by atoms with E-state index >= 15 is 0 Å². The van der Waals surface area contributed by atoms with E-state index in [1.165, 1.54) is 53.8 Å². The first-order chi connectivity index (χ1) is 17.7. The highest BCUT2D eigenvalue weighted by Gasteiger charge is 2.18. The highest BCUT2D eigenvalue weighted by Crippen LogP contribution is 2.41. The van der Waals surface area contributed by atoms with Crippen LogP contribution in [-0.4, -0.2) is 4.57 Å². The molecule has 0 saturated heterocycles. The van der Waals surface area contributed by atoms with Crippen LogP contribution in [0.25, 0.3) is 36.8 Å². The molecule has 36 heavy (non-hydrogen) atoms. The van der Waals surface area contributed by atoms with Crippen molar-refractivity contribution in [2.24, 2.45) is 0 Å². The largest absolute Gasteiger partial charge is 0.317 e. The van der Waals surface area contributed by atoms with Crippen LogP contribution < -0.4 is 4.90 Å². The molecular formula is C32H23BrN2S. The molecule has 4 heteroatoms. The fourth-order valence-corrected chi connectivity index (χ4v) is 6.86. The molecule has 0 aliphatic heterocycles. The van der Waals surface area contributed by atoms with Gasteiger partial charge < -0.3 is 9.47 Å². The second-order valence-corrected chi connectivity index (χ2v) is 11.1. The molecule has 0 fully saturated rings. The van der Waals surface area contributed by atoms with Gasteiger partial charge in [-0.3, -0.25) is 0 Å². The van der Waals surface area contributed by atoms with Gasteiger partial charge in [0.05, 0.1) is 5.52 Å². The molecule has 4 aromatic carbocycles. The third kappa shape index (κ3) is 3.69. The number of rotatable bonds is 4. The van der Waals surface area contributed by atoms with Gasteiger partial charge in [-0.15, -0.1) is 11.3 Å². The molecule has 0 radical (unpaired) electrons. The predicted molar refractivity (Wildman–Crippen MR) is 159 cm³/mol. The number of fused-ring (bicyclic) bond motifs is 4. The number of hydrogen-bond donors (Lipinski definition) is 0. The average molecular weight is 548 g/mol. The number of aromatic nitrogens is 1. The first-order valence-electron chi connectivity index (χ1n) is 12.2. The van der Waals surface area contributed by atoms with E-state index in [4.69, 9.17) is 0 Å². The summed E-state index contributed by atoms with van der Waals surface area (Å²) in [6.45, 7) is 0. The third-order valence-corrected chi connectivity index (χ3v) is 8.55. The van der Waals surface area contributed by atoms with Crippen LogP contribution >= 0.6 is 27.3 Å². The maximum absolute atomic E-state index is 3.63. The molecule has 0 spiro atoms. The Labute approximate surface area is 222 Å². The van der Waals surface area contributed by atoms with E-state index in [1.807, 2.05) is 11.3 Å². The SMILES string of the molecule is Brc1ccc2c(c1)sc1ccc(N(C3=CC=CCC3)c3ccc4c(ccn4-c4ccccc4)c3)cc12. The second-order valence-electron chi connectivity index (χ2n) is 9.15. The maximum atomic E-state index is 3.63. The number of nitrogens with zero attached hydrogens (tertiary/aromatic N) is 2. The molecule has 0 atom stereocenters. The van der Waals surface area contributed by atoms with Crippen molar-refractivity contribution >= 4 is 69.7 Å². The van der Waals surface area contributed by atoms with Crippen molar-refractivity contribution in [3.63, 3.8) is 0 Å². The zero-order valence-electron chi connectivity index (χ0n) is 19.6. The van der Waals surface area contributed by atoms with E-state index in [9.17, 15) is 0 Å². The van der Waals surface area contributed by atoms with Crippen LogP contribution in [0.3, 0.4) is 0 Å². The fraction of sp³-hybridized carbons (Fsp3) is 0.0625. The van der Waals surface area contributed by atoms with Crippen molar-refractivity contribution in [1.82, 2.24) is 4.57 Å². The van der Waals surface area contributed by atoms with Crippen LogP contribution in [0, 0.1) is 0 Å². The summed E-state index contributed by atoms with van der Waals surface area (Å²) >= 11 is 5.48. The minimum absolute atomic E-state index is 1.02. The Hall–Kier alpha value is -3.60. The van der Waals surface area contributed by atoms with Gasteiger partial charge in [-0.25, -0.2) is 0 Å². The minimum atomic E-state index is 1.02. The lowest BCUT2D eigenvalue weighted by atomic mass is 10.1. The summed E-state index contributed by atoms with van der Waals surface area (Å²) in [6, 6.07) is 33.1. The van der Waals surface area contributed by atoms with Gasteiger partial charge in [0.15, 0.2) is 0 Å². The van der Waals surface area contributed by atoms with Crippen molar-refractivity contribution in [2.75, 3.05) is 4.90 Å². The highest BCUT2D eigenvalue weighted by atomic mass is 79.9. The Balaban J connectivity index is 1.39. The number of thiophene rings is 1. The second kappa shape index (κ2) is 8.81. The van der Waals surface area contributed by atoms with Gasteiger partial charge in [0.25, 0.3) is 0 Å². The standard InChI is InChI=1S/C32H23BrN2S/c33-23-11-14-28-29-21-27(13-16-31(29)36-32(28)20-23)35(25-9-5-2-6-10-25)26-12-15-30-22(19-26)17-18-34(30)24-7-3-1-4-8-24/h1-5,7-9,11-21H,6,10H2. The maximum Gasteiger partial charge on any atom is 0.0529 e.